The number of allylic oxidation sites excluding steroid dienone is 1. The lowest BCUT2D eigenvalue weighted by atomic mass is 9.75. The molecule has 0 heterocycles. The third kappa shape index (κ3) is 4.08. The van der Waals surface area contributed by atoms with Crippen LogP contribution < -0.4 is 0 Å². The molecule has 0 saturated heterocycles. The molecule has 6 heteroatoms. The van der Waals surface area contributed by atoms with Crippen molar-refractivity contribution in [1.82, 2.24) is 0 Å². The topological polar surface area (TPSA) is 118 Å². The predicted molar refractivity (Wildman–Crippen MR) is 60.3 cm³/mol. The number of aliphatic hydroxyl groups is 4. The molecule has 17 heavy (non-hydrogen) atoms. The Morgan fingerprint density at radius 2 is 1.65 bits per heavy atom. The smallest absolute Gasteiger partial charge is 0.330 e. The summed E-state index contributed by atoms with van der Waals surface area (Å²) in [5.74, 6) is -1.67. The fraction of sp³-hybridized carbons (Fsp3) is 0.727. The van der Waals surface area contributed by atoms with Crippen molar-refractivity contribution >= 4 is 5.97 Å². The molecule has 100 valence electrons. The highest BCUT2D eigenvalue weighted by Gasteiger charge is 2.36. The molecule has 0 aromatic heterocycles. The van der Waals surface area contributed by atoms with Crippen LogP contribution in [0.5, 0.6) is 0 Å². The van der Waals surface area contributed by atoms with Crippen LogP contribution in [0.1, 0.15) is 13.3 Å². The Morgan fingerprint density at radius 3 is 1.94 bits per heavy atom. The van der Waals surface area contributed by atoms with Gasteiger partial charge in [-0.05, 0) is 19.3 Å². The number of carboxylic acid groups (broad SMARTS) is 1. The van der Waals surface area contributed by atoms with Gasteiger partial charge >= 0.3 is 5.97 Å². The second kappa shape index (κ2) is 7.39. The Kier molecular flexibility index (Phi) is 6.98. The zero-order valence-electron chi connectivity index (χ0n) is 9.83. The summed E-state index contributed by atoms with van der Waals surface area (Å²) in [6.07, 6.45) is 1.56. The van der Waals surface area contributed by atoms with E-state index in [2.05, 4.69) is 0 Å². The van der Waals surface area contributed by atoms with Crippen molar-refractivity contribution < 1.29 is 30.3 Å². The number of aliphatic carboxylic acids is 1. The van der Waals surface area contributed by atoms with Crippen molar-refractivity contribution in [3.05, 3.63) is 11.6 Å². The molecule has 0 aromatic carbocycles. The van der Waals surface area contributed by atoms with Gasteiger partial charge in [0.15, 0.2) is 0 Å². The Labute approximate surface area is 99.8 Å². The Hall–Kier alpha value is -0.950. The summed E-state index contributed by atoms with van der Waals surface area (Å²) in [6.45, 7) is -0.387. The van der Waals surface area contributed by atoms with Crippen LogP contribution in [0, 0.1) is 11.3 Å². The monoisotopic (exact) mass is 248 g/mol. The van der Waals surface area contributed by atoms with Gasteiger partial charge in [-0.25, -0.2) is 4.79 Å². The minimum Gasteiger partial charge on any atom is -0.478 e. The van der Waals surface area contributed by atoms with Gasteiger partial charge in [0.1, 0.15) is 0 Å². The van der Waals surface area contributed by atoms with Gasteiger partial charge < -0.3 is 25.5 Å². The molecule has 6 nitrogen and oxygen atoms in total. The van der Waals surface area contributed by atoms with Crippen LogP contribution in [-0.4, -0.2) is 57.9 Å². The van der Waals surface area contributed by atoms with Crippen molar-refractivity contribution in [2.75, 3.05) is 26.4 Å². The first-order valence-electron chi connectivity index (χ1n) is 5.31. The first-order chi connectivity index (χ1) is 7.97. The van der Waals surface area contributed by atoms with E-state index in [-0.39, 0.29) is 18.6 Å². The summed E-state index contributed by atoms with van der Waals surface area (Å²) in [5, 5.41) is 45.4. The quantitative estimate of drug-likeness (QED) is 0.351. The SMILES string of the molecule is CC(=CCC(CO)C(CO)(CO)CO)C(=O)O. The fourth-order valence-corrected chi connectivity index (χ4v) is 1.46. The van der Waals surface area contributed by atoms with Crippen LogP contribution >= 0.6 is 0 Å². The number of rotatable bonds is 8. The molecular formula is C11H20O6. The number of carboxylic acids is 1. The second-order valence-electron chi connectivity index (χ2n) is 4.14. The van der Waals surface area contributed by atoms with Crippen LogP contribution in [0.15, 0.2) is 11.6 Å². The molecular weight excluding hydrogens is 228 g/mol. The van der Waals surface area contributed by atoms with E-state index in [4.69, 9.17) is 5.11 Å². The van der Waals surface area contributed by atoms with Crippen molar-refractivity contribution in [3.8, 4) is 0 Å². The maximum atomic E-state index is 10.6. The molecule has 1 atom stereocenters. The standard InChI is InChI=1S/C11H20O6/c1-8(10(16)17)2-3-9(4-12)11(5-13,6-14)7-15/h2,9,12-15H,3-7H2,1H3,(H,16,17). The molecule has 0 bridgehead atoms. The maximum absolute atomic E-state index is 10.6. The van der Waals surface area contributed by atoms with Gasteiger partial charge in [-0.1, -0.05) is 6.08 Å². The van der Waals surface area contributed by atoms with Gasteiger partial charge in [0.2, 0.25) is 0 Å². The first kappa shape index (κ1) is 16.1. The average molecular weight is 248 g/mol. The van der Waals surface area contributed by atoms with Crippen molar-refractivity contribution in [3.63, 3.8) is 0 Å². The summed E-state index contributed by atoms with van der Waals surface area (Å²) in [5.41, 5.74) is -1.09. The summed E-state index contributed by atoms with van der Waals surface area (Å²) >= 11 is 0. The van der Waals surface area contributed by atoms with Gasteiger partial charge in [0, 0.05) is 17.6 Å². The largest absolute Gasteiger partial charge is 0.478 e. The van der Waals surface area contributed by atoms with Crippen LogP contribution in [0.2, 0.25) is 0 Å². The Bertz CT molecular complexity index is 261. The molecule has 0 aromatic rings. The zero-order valence-corrected chi connectivity index (χ0v) is 9.83. The second-order valence-corrected chi connectivity index (χ2v) is 4.14. The Balaban J connectivity index is 4.83. The molecule has 0 aliphatic heterocycles. The highest BCUT2D eigenvalue weighted by molar-refractivity contribution is 5.85. The number of aliphatic hydroxyl groups excluding tert-OH is 4. The molecule has 0 rings (SSSR count). The van der Waals surface area contributed by atoms with E-state index in [1.807, 2.05) is 0 Å². The van der Waals surface area contributed by atoms with Gasteiger partial charge in [0.25, 0.3) is 0 Å². The fourth-order valence-electron chi connectivity index (χ4n) is 1.46. The summed E-state index contributed by atoms with van der Waals surface area (Å²) in [4.78, 5) is 10.6. The van der Waals surface area contributed by atoms with Gasteiger partial charge in [0.05, 0.1) is 19.8 Å². The van der Waals surface area contributed by atoms with E-state index >= 15 is 0 Å². The first-order valence-corrected chi connectivity index (χ1v) is 5.31. The Morgan fingerprint density at radius 1 is 1.18 bits per heavy atom. The lowest BCUT2D eigenvalue weighted by molar-refractivity contribution is -0.132. The van der Waals surface area contributed by atoms with E-state index in [0.29, 0.717) is 0 Å². The third-order valence-electron chi connectivity index (χ3n) is 3.08. The summed E-state index contributed by atoms with van der Waals surface area (Å²) < 4.78 is 0. The number of hydrogen-bond donors (Lipinski definition) is 5. The molecule has 5 N–H and O–H groups in total. The third-order valence-corrected chi connectivity index (χ3v) is 3.08. The van der Waals surface area contributed by atoms with E-state index in [1.165, 1.54) is 13.0 Å². The van der Waals surface area contributed by atoms with E-state index in [9.17, 15) is 25.2 Å². The van der Waals surface area contributed by atoms with E-state index in [1.54, 1.807) is 0 Å². The van der Waals surface area contributed by atoms with Gasteiger partial charge in [-0.2, -0.15) is 0 Å². The van der Waals surface area contributed by atoms with Crippen LogP contribution in [0.4, 0.5) is 0 Å². The summed E-state index contributed by atoms with van der Waals surface area (Å²) in [6, 6.07) is 0. The molecule has 0 aliphatic rings. The lowest BCUT2D eigenvalue weighted by Crippen LogP contribution is -2.43. The number of carbonyl (C=O) groups is 1. The highest BCUT2D eigenvalue weighted by Crippen LogP contribution is 2.29. The molecule has 0 spiro atoms. The van der Waals surface area contributed by atoms with Crippen molar-refractivity contribution in [1.29, 1.82) is 0 Å². The van der Waals surface area contributed by atoms with Crippen molar-refractivity contribution in [2.24, 2.45) is 11.3 Å². The molecule has 0 amide bonds. The predicted octanol–water partition coefficient (Wildman–Crippen LogP) is -1.02. The maximum Gasteiger partial charge on any atom is 0.330 e. The zero-order chi connectivity index (χ0) is 13.5. The highest BCUT2D eigenvalue weighted by atomic mass is 16.4. The normalized spacial score (nSPS) is 14.8. The van der Waals surface area contributed by atoms with E-state index < -0.39 is 37.1 Å². The van der Waals surface area contributed by atoms with Gasteiger partial charge in [-0.3, -0.25) is 0 Å². The summed E-state index contributed by atoms with van der Waals surface area (Å²) in [7, 11) is 0. The van der Waals surface area contributed by atoms with E-state index in [0.717, 1.165) is 0 Å². The minimum absolute atomic E-state index is 0.117. The number of hydrogen-bond acceptors (Lipinski definition) is 5. The van der Waals surface area contributed by atoms with Gasteiger partial charge in [-0.15, -0.1) is 0 Å². The van der Waals surface area contributed by atoms with Crippen LogP contribution in [0.3, 0.4) is 0 Å². The molecule has 0 radical (unpaired) electrons. The average Bonchev–Trinajstić information content (AvgIpc) is 2.34. The van der Waals surface area contributed by atoms with Crippen molar-refractivity contribution in [2.45, 2.75) is 13.3 Å². The van der Waals surface area contributed by atoms with Crippen LogP contribution in [0.25, 0.3) is 0 Å². The lowest BCUT2D eigenvalue weighted by Gasteiger charge is -2.34. The molecule has 0 fully saturated rings. The molecule has 1 unspecified atom stereocenters. The van der Waals surface area contributed by atoms with Crippen LogP contribution in [-0.2, 0) is 4.79 Å². The minimum atomic E-state index is -1.20. The molecule has 0 saturated carbocycles. The molecule has 0 aliphatic carbocycles.